The van der Waals surface area contributed by atoms with Crippen LogP contribution >= 0.6 is 0 Å². The predicted molar refractivity (Wildman–Crippen MR) is 230 cm³/mol. The van der Waals surface area contributed by atoms with Gasteiger partial charge in [0, 0.05) is 36.1 Å². The lowest BCUT2D eigenvalue weighted by atomic mass is 9.88. The molecular formula is C45H56N6O10S. The van der Waals surface area contributed by atoms with E-state index in [2.05, 4.69) is 20.3 Å². The molecule has 3 aromatic rings. The zero-order valence-corrected chi connectivity index (χ0v) is 36.7. The molecule has 2 aliphatic heterocycles. The Morgan fingerprint density at radius 1 is 0.984 bits per heavy atom. The second-order valence-corrected chi connectivity index (χ2v) is 19.9. The van der Waals surface area contributed by atoms with E-state index >= 15 is 0 Å². The summed E-state index contributed by atoms with van der Waals surface area (Å²) < 4.78 is 45.6. The van der Waals surface area contributed by atoms with Crippen LogP contribution in [0.5, 0.6) is 17.4 Å². The molecule has 1 unspecified atom stereocenters. The van der Waals surface area contributed by atoms with Crippen LogP contribution in [0.15, 0.2) is 66.7 Å². The Kier molecular flexibility index (Phi) is 12.6. The van der Waals surface area contributed by atoms with Gasteiger partial charge in [-0.2, -0.15) is 0 Å². The van der Waals surface area contributed by atoms with Crippen LogP contribution in [0.1, 0.15) is 79.6 Å². The van der Waals surface area contributed by atoms with Gasteiger partial charge in [-0.3, -0.25) is 19.1 Å². The third-order valence-corrected chi connectivity index (χ3v) is 14.5. The number of rotatable bonds is 11. The standard InChI is InChI=1S/C45H56N6O10S/c1-26(2)60-31-16-14-29(15-17-31)35-21-32(22-36(46-35)34-12-9-13-38(47-34)59-6)61-33-23-37-40(52)49-45(42(54)50-62(57,58)44(5)18-19-44)24-30(45)11-8-7-10-27(3)20-28(4)39(48-43(55)56)41(53)51(37)25-33/h8-9,11-17,21-22,26-28,30,33,37,39,48H,7,10,18-20,23-25H2,1-6H3,(H,49,52)(H,50,54)(H,55,56)/b11-8-/t27-,28-,30-,33-,37+,39+,45?/m1/s1. The van der Waals surface area contributed by atoms with Crippen molar-refractivity contribution in [1.29, 1.82) is 0 Å². The van der Waals surface area contributed by atoms with Gasteiger partial charge in [0.25, 0.3) is 5.91 Å². The van der Waals surface area contributed by atoms with Gasteiger partial charge in [0.2, 0.25) is 27.7 Å². The predicted octanol–water partition coefficient (Wildman–Crippen LogP) is 5.48. The lowest BCUT2D eigenvalue weighted by Crippen LogP contribution is -2.59. The summed E-state index contributed by atoms with van der Waals surface area (Å²) >= 11 is 0. The molecule has 1 saturated heterocycles. The molecule has 2 saturated carbocycles. The van der Waals surface area contributed by atoms with Gasteiger partial charge < -0.3 is 34.9 Å². The largest absolute Gasteiger partial charge is 0.491 e. The number of carbonyl (C=O) groups is 4. The maximum Gasteiger partial charge on any atom is 0.405 e. The number of benzene rings is 1. The Morgan fingerprint density at radius 2 is 1.71 bits per heavy atom. The Labute approximate surface area is 362 Å². The van der Waals surface area contributed by atoms with Gasteiger partial charge in [-0.25, -0.2) is 23.2 Å². The smallest absolute Gasteiger partial charge is 0.405 e. The number of nitrogens with one attached hydrogen (secondary N) is 3. The third-order valence-electron chi connectivity index (χ3n) is 12.3. The van der Waals surface area contributed by atoms with E-state index < -0.39 is 74.1 Å². The van der Waals surface area contributed by atoms with Gasteiger partial charge in [0.05, 0.1) is 41.6 Å². The quantitative estimate of drug-likeness (QED) is 0.176. The van der Waals surface area contributed by atoms with Gasteiger partial charge in [0.15, 0.2) is 0 Å². The Bertz CT molecular complexity index is 2330. The zero-order valence-electron chi connectivity index (χ0n) is 35.9. The number of aromatic nitrogens is 2. The monoisotopic (exact) mass is 872 g/mol. The molecule has 0 bridgehead atoms. The minimum Gasteiger partial charge on any atom is -0.491 e. The molecule has 17 heteroatoms. The number of hydrogen-bond acceptors (Lipinski definition) is 11. The molecule has 4 N–H and O–H groups in total. The number of sulfonamides is 1. The number of fused-ring (bicyclic) bond motifs is 2. The fraction of sp³-hybridized carbons (Fsp3) is 0.511. The van der Waals surface area contributed by atoms with Gasteiger partial charge >= 0.3 is 6.09 Å². The van der Waals surface area contributed by atoms with Crippen molar-refractivity contribution >= 4 is 33.8 Å². The summed E-state index contributed by atoms with van der Waals surface area (Å²) in [6.07, 6.45) is 4.43. The summed E-state index contributed by atoms with van der Waals surface area (Å²) in [5.74, 6) is -1.53. The molecule has 7 atom stereocenters. The summed E-state index contributed by atoms with van der Waals surface area (Å²) in [5.41, 5.74) is 0.689. The maximum absolute atomic E-state index is 14.7. The van der Waals surface area contributed by atoms with Gasteiger partial charge in [-0.15, -0.1) is 0 Å². The number of allylic oxidation sites excluding steroid dienone is 1. The van der Waals surface area contributed by atoms with E-state index in [0.717, 1.165) is 12.0 Å². The van der Waals surface area contributed by atoms with Crippen molar-refractivity contribution in [3.8, 4) is 40.0 Å². The number of carboxylic acid groups (broad SMARTS) is 1. The van der Waals surface area contributed by atoms with Crippen LogP contribution in [0.3, 0.4) is 0 Å². The van der Waals surface area contributed by atoms with Crippen LogP contribution < -0.4 is 29.6 Å². The van der Waals surface area contributed by atoms with Crippen molar-refractivity contribution in [3.05, 3.63) is 66.7 Å². The zero-order chi connectivity index (χ0) is 44.6. The van der Waals surface area contributed by atoms with Crippen LogP contribution in [0.4, 0.5) is 4.79 Å². The molecule has 62 heavy (non-hydrogen) atoms. The molecule has 2 aromatic heterocycles. The van der Waals surface area contributed by atoms with Gasteiger partial charge in [0.1, 0.15) is 35.2 Å². The number of methoxy groups -OCH3 is 1. The second kappa shape index (κ2) is 17.6. The molecule has 3 fully saturated rings. The first kappa shape index (κ1) is 44.3. The van der Waals surface area contributed by atoms with E-state index in [1.165, 1.54) is 12.0 Å². The Hall–Kier alpha value is -5.71. The average molecular weight is 873 g/mol. The number of hydrogen-bond donors (Lipinski definition) is 4. The van der Waals surface area contributed by atoms with E-state index in [9.17, 15) is 32.7 Å². The molecule has 2 aliphatic carbocycles. The fourth-order valence-electron chi connectivity index (χ4n) is 8.42. The molecule has 4 heterocycles. The highest BCUT2D eigenvalue weighted by atomic mass is 32.2. The van der Waals surface area contributed by atoms with Crippen molar-refractivity contribution in [1.82, 2.24) is 30.2 Å². The number of ether oxygens (including phenoxy) is 3. The van der Waals surface area contributed by atoms with Crippen LogP contribution in [0.2, 0.25) is 0 Å². The van der Waals surface area contributed by atoms with Gasteiger partial charge in [-0.05, 0) is 101 Å². The van der Waals surface area contributed by atoms with Gasteiger partial charge in [-0.1, -0.05) is 32.1 Å². The van der Waals surface area contributed by atoms with E-state index in [1.807, 2.05) is 64.1 Å². The summed E-state index contributed by atoms with van der Waals surface area (Å²) in [5, 5.41) is 15.2. The summed E-state index contributed by atoms with van der Waals surface area (Å²) in [7, 11) is -2.52. The highest BCUT2D eigenvalue weighted by Crippen LogP contribution is 2.48. The first-order valence-electron chi connectivity index (χ1n) is 21.2. The molecule has 1 aromatic carbocycles. The average Bonchev–Trinajstić information content (AvgIpc) is 4.11. The van der Waals surface area contributed by atoms with Crippen molar-refractivity contribution in [2.45, 2.75) is 114 Å². The van der Waals surface area contributed by atoms with Crippen molar-refractivity contribution < 1.29 is 46.9 Å². The first-order valence-corrected chi connectivity index (χ1v) is 22.7. The SMILES string of the molecule is COc1cccc(-c2cc(O[C@@H]3C[C@H]4C(=O)NC5(C(=O)NS(=O)(=O)C6(C)CC6)C[C@H]5/C=C\CC[C@@H](C)C[C@@H](C)[C@H](NC(=O)O)C(=O)N4C3)cc(-c3ccc(OC(C)C)cc3)n2)n1. The van der Waals surface area contributed by atoms with E-state index in [4.69, 9.17) is 19.2 Å². The highest BCUT2D eigenvalue weighted by molar-refractivity contribution is 7.91. The lowest BCUT2D eigenvalue weighted by Gasteiger charge is -2.32. The maximum atomic E-state index is 14.7. The fourth-order valence-corrected chi connectivity index (χ4v) is 9.73. The number of nitrogens with zero attached hydrogens (tertiary/aromatic N) is 3. The number of amides is 4. The third kappa shape index (κ3) is 9.67. The molecule has 332 valence electrons. The van der Waals surface area contributed by atoms with Crippen molar-refractivity contribution in [3.63, 3.8) is 0 Å². The molecule has 0 radical (unpaired) electrons. The summed E-state index contributed by atoms with van der Waals surface area (Å²) in [6.45, 7) is 9.20. The van der Waals surface area contributed by atoms with Crippen LogP contribution in [0.25, 0.3) is 22.6 Å². The molecule has 4 amide bonds. The Morgan fingerprint density at radius 3 is 2.39 bits per heavy atom. The Balaban J connectivity index is 1.24. The number of carbonyl (C=O) groups excluding carboxylic acids is 3. The molecule has 7 rings (SSSR count). The topological polar surface area (TPSA) is 215 Å². The van der Waals surface area contributed by atoms with Crippen molar-refractivity contribution in [2.75, 3.05) is 13.7 Å². The normalized spacial score (nSPS) is 27.6. The summed E-state index contributed by atoms with van der Waals surface area (Å²) in [4.78, 5) is 66.2. The first-order chi connectivity index (χ1) is 29.4. The molecule has 16 nitrogen and oxygen atoms in total. The van der Waals surface area contributed by atoms with Crippen molar-refractivity contribution in [2.24, 2.45) is 17.8 Å². The minimum atomic E-state index is -4.04. The number of pyridine rings is 2. The second-order valence-electron chi connectivity index (χ2n) is 17.7. The van der Waals surface area contributed by atoms with E-state index in [-0.39, 0.29) is 31.4 Å². The molecule has 0 spiro atoms. The molecule has 4 aliphatic rings. The van der Waals surface area contributed by atoms with Crippen LogP contribution in [-0.2, 0) is 24.4 Å². The van der Waals surface area contributed by atoms with Crippen LogP contribution in [0, 0.1) is 17.8 Å². The summed E-state index contributed by atoms with van der Waals surface area (Å²) in [6, 6.07) is 13.8. The minimum absolute atomic E-state index is 0.0182. The molecular weight excluding hydrogens is 817 g/mol. The van der Waals surface area contributed by atoms with E-state index in [1.54, 1.807) is 37.3 Å². The highest BCUT2D eigenvalue weighted by Gasteiger charge is 2.63. The van der Waals surface area contributed by atoms with E-state index in [0.29, 0.717) is 60.1 Å². The lowest BCUT2D eigenvalue weighted by molar-refractivity contribution is -0.142. The van der Waals surface area contributed by atoms with Crippen LogP contribution in [-0.4, -0.2) is 100 Å².